The normalized spacial score (nSPS) is 19.0. The van der Waals surface area contributed by atoms with Crippen molar-refractivity contribution in [2.75, 3.05) is 24.7 Å². The Hall–Kier alpha value is -2.55. The molecule has 1 aromatic carbocycles. The van der Waals surface area contributed by atoms with Crippen molar-refractivity contribution < 1.29 is 22.6 Å². The molecule has 2 aliphatic rings. The maximum atomic E-state index is 13.3. The Bertz CT molecular complexity index is 880. The topological polar surface area (TPSA) is 56.6 Å². The van der Waals surface area contributed by atoms with Gasteiger partial charge in [0, 0.05) is 19.2 Å². The summed E-state index contributed by atoms with van der Waals surface area (Å²) in [5.41, 5.74) is -0.343. The molecule has 138 valence electrons. The van der Waals surface area contributed by atoms with Gasteiger partial charge in [-0.25, -0.2) is 18.0 Å². The summed E-state index contributed by atoms with van der Waals surface area (Å²) in [7, 11) is 0. The second-order valence-electron chi connectivity index (χ2n) is 6.26. The van der Waals surface area contributed by atoms with Gasteiger partial charge in [-0.05, 0) is 24.1 Å². The van der Waals surface area contributed by atoms with Crippen LogP contribution in [0.25, 0.3) is 0 Å². The molecule has 2 aromatic rings. The van der Waals surface area contributed by atoms with Crippen molar-refractivity contribution >= 4 is 5.82 Å². The van der Waals surface area contributed by atoms with Gasteiger partial charge in [-0.3, -0.25) is 4.57 Å². The number of fused-ring (bicyclic) bond motifs is 3. The van der Waals surface area contributed by atoms with Crippen LogP contribution in [0, 0.1) is 17.5 Å². The SMILES string of the molecule is O=c1nc(OCc2cc(F)c(F)c(F)c2)cc2n1CCC1COCCN21. The van der Waals surface area contributed by atoms with Gasteiger partial charge in [-0.1, -0.05) is 0 Å². The molecule has 1 fully saturated rings. The summed E-state index contributed by atoms with van der Waals surface area (Å²) in [6, 6.07) is 3.53. The van der Waals surface area contributed by atoms with Crippen molar-refractivity contribution in [3.05, 3.63) is 51.7 Å². The van der Waals surface area contributed by atoms with Crippen LogP contribution in [-0.4, -0.2) is 35.4 Å². The van der Waals surface area contributed by atoms with Crippen LogP contribution in [0.2, 0.25) is 0 Å². The minimum atomic E-state index is -1.53. The van der Waals surface area contributed by atoms with E-state index < -0.39 is 23.1 Å². The molecule has 6 nitrogen and oxygen atoms in total. The minimum absolute atomic E-state index is 0.0542. The van der Waals surface area contributed by atoms with E-state index in [0.29, 0.717) is 32.1 Å². The lowest BCUT2D eigenvalue weighted by atomic mass is 10.1. The van der Waals surface area contributed by atoms with E-state index in [1.54, 1.807) is 10.6 Å². The van der Waals surface area contributed by atoms with E-state index in [2.05, 4.69) is 9.88 Å². The van der Waals surface area contributed by atoms with E-state index in [4.69, 9.17) is 9.47 Å². The molecule has 3 heterocycles. The molecule has 9 heteroatoms. The smallest absolute Gasteiger partial charge is 0.352 e. The van der Waals surface area contributed by atoms with E-state index in [1.807, 2.05) is 0 Å². The van der Waals surface area contributed by atoms with Crippen molar-refractivity contribution in [2.24, 2.45) is 0 Å². The second kappa shape index (κ2) is 6.64. The number of hydrogen-bond donors (Lipinski definition) is 0. The van der Waals surface area contributed by atoms with Gasteiger partial charge in [0.1, 0.15) is 12.4 Å². The van der Waals surface area contributed by atoms with Gasteiger partial charge in [0.15, 0.2) is 17.5 Å². The summed E-state index contributed by atoms with van der Waals surface area (Å²) in [4.78, 5) is 18.2. The van der Waals surface area contributed by atoms with Gasteiger partial charge >= 0.3 is 5.69 Å². The molecule has 1 atom stereocenters. The van der Waals surface area contributed by atoms with Crippen LogP contribution in [-0.2, 0) is 17.9 Å². The van der Waals surface area contributed by atoms with Gasteiger partial charge < -0.3 is 14.4 Å². The first-order valence-electron chi connectivity index (χ1n) is 8.25. The molecular weight excluding hydrogens is 351 g/mol. The van der Waals surface area contributed by atoms with E-state index in [9.17, 15) is 18.0 Å². The lowest BCUT2D eigenvalue weighted by molar-refractivity contribution is 0.0847. The van der Waals surface area contributed by atoms with Crippen LogP contribution < -0.4 is 15.3 Å². The quantitative estimate of drug-likeness (QED) is 0.775. The average Bonchev–Trinajstić information content (AvgIpc) is 2.64. The van der Waals surface area contributed by atoms with E-state index in [0.717, 1.165) is 18.6 Å². The maximum absolute atomic E-state index is 13.3. The number of benzene rings is 1. The second-order valence-corrected chi connectivity index (χ2v) is 6.26. The van der Waals surface area contributed by atoms with Crippen LogP contribution >= 0.6 is 0 Å². The third-order valence-corrected chi connectivity index (χ3v) is 4.60. The Morgan fingerprint density at radius 2 is 1.96 bits per heavy atom. The number of hydrogen-bond acceptors (Lipinski definition) is 5. The fraction of sp³-hybridized carbons (Fsp3) is 0.412. The number of ether oxygens (including phenoxy) is 2. The molecule has 1 saturated heterocycles. The fourth-order valence-electron chi connectivity index (χ4n) is 3.32. The van der Waals surface area contributed by atoms with Gasteiger partial charge in [0.2, 0.25) is 5.88 Å². The largest absolute Gasteiger partial charge is 0.473 e. The summed E-state index contributed by atoms with van der Waals surface area (Å²) < 4.78 is 52.1. The molecule has 1 unspecified atom stereocenters. The number of aromatic nitrogens is 2. The first kappa shape index (κ1) is 16.9. The van der Waals surface area contributed by atoms with E-state index >= 15 is 0 Å². The number of halogens is 3. The zero-order valence-corrected chi connectivity index (χ0v) is 13.8. The molecule has 0 aliphatic carbocycles. The molecule has 26 heavy (non-hydrogen) atoms. The first-order chi connectivity index (χ1) is 12.5. The van der Waals surface area contributed by atoms with Crippen LogP contribution in [0.1, 0.15) is 12.0 Å². The van der Waals surface area contributed by atoms with Gasteiger partial charge in [-0.15, -0.1) is 0 Å². The van der Waals surface area contributed by atoms with Crippen molar-refractivity contribution in [3.8, 4) is 5.88 Å². The Labute approximate surface area is 146 Å². The highest BCUT2D eigenvalue weighted by atomic mass is 19.2. The number of morpholine rings is 1. The predicted molar refractivity (Wildman–Crippen MR) is 85.7 cm³/mol. The number of nitrogens with zero attached hydrogens (tertiary/aromatic N) is 3. The molecule has 1 aromatic heterocycles. The Balaban J connectivity index is 1.58. The minimum Gasteiger partial charge on any atom is -0.473 e. The summed E-state index contributed by atoms with van der Waals surface area (Å²) in [5, 5.41) is 0. The molecule has 4 rings (SSSR count). The highest BCUT2D eigenvalue weighted by Gasteiger charge is 2.30. The Kier molecular flexibility index (Phi) is 4.31. The lowest BCUT2D eigenvalue weighted by Gasteiger charge is -2.41. The van der Waals surface area contributed by atoms with Crippen LogP contribution in [0.5, 0.6) is 5.88 Å². The zero-order valence-electron chi connectivity index (χ0n) is 13.8. The number of rotatable bonds is 3. The van der Waals surface area contributed by atoms with Crippen molar-refractivity contribution in [1.82, 2.24) is 9.55 Å². The molecule has 0 N–H and O–H groups in total. The van der Waals surface area contributed by atoms with Crippen LogP contribution in [0.15, 0.2) is 23.0 Å². The monoisotopic (exact) mass is 367 g/mol. The molecule has 0 bridgehead atoms. The first-order valence-corrected chi connectivity index (χ1v) is 8.25. The summed E-state index contributed by atoms with van der Waals surface area (Å²) in [6.45, 7) is 2.12. The van der Waals surface area contributed by atoms with E-state index in [1.165, 1.54) is 0 Å². The van der Waals surface area contributed by atoms with Gasteiger partial charge in [0.05, 0.1) is 19.3 Å². The molecule has 2 aliphatic heterocycles. The average molecular weight is 367 g/mol. The van der Waals surface area contributed by atoms with Crippen molar-refractivity contribution in [2.45, 2.75) is 25.6 Å². The predicted octanol–water partition coefficient (Wildman–Crippen LogP) is 1.85. The zero-order chi connectivity index (χ0) is 18.3. The highest BCUT2D eigenvalue weighted by Crippen LogP contribution is 2.28. The molecular formula is C17H16F3N3O3. The van der Waals surface area contributed by atoms with Gasteiger partial charge in [-0.2, -0.15) is 4.98 Å². The molecule has 0 amide bonds. The summed E-state index contributed by atoms with van der Waals surface area (Å²) in [6.07, 6.45) is 0.795. The summed E-state index contributed by atoms with van der Waals surface area (Å²) in [5.74, 6) is -3.37. The van der Waals surface area contributed by atoms with Gasteiger partial charge in [0.25, 0.3) is 0 Å². The third-order valence-electron chi connectivity index (χ3n) is 4.60. The van der Waals surface area contributed by atoms with E-state index in [-0.39, 0.29) is 24.1 Å². The fourth-order valence-corrected chi connectivity index (χ4v) is 3.32. The third kappa shape index (κ3) is 3.03. The molecule has 0 radical (unpaired) electrons. The van der Waals surface area contributed by atoms with Crippen molar-refractivity contribution in [1.29, 1.82) is 0 Å². The van der Waals surface area contributed by atoms with Crippen LogP contribution in [0.4, 0.5) is 19.0 Å². The summed E-state index contributed by atoms with van der Waals surface area (Å²) >= 11 is 0. The van der Waals surface area contributed by atoms with Crippen molar-refractivity contribution in [3.63, 3.8) is 0 Å². The maximum Gasteiger partial charge on any atom is 0.352 e. The lowest BCUT2D eigenvalue weighted by Crippen LogP contribution is -2.51. The molecule has 0 spiro atoms. The highest BCUT2D eigenvalue weighted by molar-refractivity contribution is 5.45. The standard InChI is InChI=1S/C17H16F3N3O3/c18-12-5-10(6-13(19)16(12)20)8-26-14-7-15-22-3-4-25-9-11(22)1-2-23(15)17(24)21-14/h5-7,11H,1-4,8-9H2. The molecule has 0 saturated carbocycles. The Morgan fingerprint density at radius 1 is 1.19 bits per heavy atom. The Morgan fingerprint density at radius 3 is 2.73 bits per heavy atom. The number of anilines is 1. The van der Waals surface area contributed by atoms with Crippen LogP contribution in [0.3, 0.4) is 0 Å².